The van der Waals surface area contributed by atoms with Gasteiger partial charge in [-0.1, -0.05) is 13.8 Å². The summed E-state index contributed by atoms with van der Waals surface area (Å²) in [7, 11) is 0. The first kappa shape index (κ1) is 23.0. The lowest BCUT2D eigenvalue weighted by Gasteiger charge is -2.26. The van der Waals surface area contributed by atoms with Crippen LogP contribution < -0.4 is 4.74 Å². The Morgan fingerprint density at radius 1 is 1.18 bits per heavy atom. The Kier molecular flexibility index (Phi) is 6.79. The molecule has 0 radical (unpaired) electrons. The summed E-state index contributed by atoms with van der Waals surface area (Å²) in [5.74, 6) is -0.580. The monoisotopic (exact) mass is 449 g/mol. The predicted octanol–water partition coefficient (Wildman–Crippen LogP) is 3.56. The van der Waals surface area contributed by atoms with Crippen LogP contribution in [0.5, 0.6) is 5.75 Å². The summed E-state index contributed by atoms with van der Waals surface area (Å²) < 4.78 is 5.76. The van der Waals surface area contributed by atoms with Crippen LogP contribution in [-0.2, 0) is 16.0 Å². The third kappa shape index (κ3) is 4.50. The van der Waals surface area contributed by atoms with Crippen LogP contribution in [0.3, 0.4) is 0 Å². The molecule has 2 aliphatic rings. The first-order valence-electron chi connectivity index (χ1n) is 11.6. The van der Waals surface area contributed by atoms with Gasteiger partial charge in [-0.05, 0) is 74.4 Å². The number of hydrogen-bond donors (Lipinski definition) is 1. The van der Waals surface area contributed by atoms with Gasteiger partial charge in [-0.15, -0.1) is 0 Å². The maximum absolute atomic E-state index is 13.1. The van der Waals surface area contributed by atoms with Crippen LogP contribution in [0.4, 0.5) is 0 Å². The molecule has 33 heavy (non-hydrogen) atoms. The topological polar surface area (TPSA) is 83.0 Å². The van der Waals surface area contributed by atoms with Gasteiger partial charge < -0.3 is 19.6 Å². The molecule has 2 aromatic rings. The van der Waals surface area contributed by atoms with E-state index in [2.05, 4.69) is 23.7 Å². The van der Waals surface area contributed by atoms with Crippen molar-refractivity contribution >= 4 is 17.4 Å². The summed E-state index contributed by atoms with van der Waals surface area (Å²) in [5.41, 5.74) is 2.39. The molecule has 1 N–H and O–H groups in total. The zero-order valence-electron chi connectivity index (χ0n) is 19.5. The molecule has 7 heteroatoms. The minimum absolute atomic E-state index is 0.0746. The van der Waals surface area contributed by atoms with Gasteiger partial charge in [0.15, 0.2) is 0 Å². The highest BCUT2D eigenvalue weighted by Gasteiger charge is 2.45. The second kappa shape index (κ2) is 9.75. The number of carbonyl (C=O) groups excluding carboxylic acids is 2. The van der Waals surface area contributed by atoms with Crippen LogP contribution in [0.2, 0.25) is 0 Å². The lowest BCUT2D eigenvalue weighted by Crippen LogP contribution is -2.33. The van der Waals surface area contributed by atoms with Crippen molar-refractivity contribution in [3.8, 4) is 5.75 Å². The molecule has 1 saturated heterocycles. The molecule has 0 unspecified atom stereocenters. The van der Waals surface area contributed by atoms with E-state index in [-0.39, 0.29) is 17.4 Å². The van der Waals surface area contributed by atoms with Crippen molar-refractivity contribution < 1.29 is 19.4 Å². The van der Waals surface area contributed by atoms with E-state index in [9.17, 15) is 14.7 Å². The van der Waals surface area contributed by atoms with Crippen molar-refractivity contribution in [3.05, 3.63) is 65.0 Å². The predicted molar refractivity (Wildman–Crippen MR) is 126 cm³/mol. The van der Waals surface area contributed by atoms with E-state index in [1.54, 1.807) is 35.5 Å². The number of fused-ring (bicyclic) bond motifs is 1. The molecule has 0 spiro atoms. The van der Waals surface area contributed by atoms with E-state index in [1.165, 1.54) is 0 Å². The summed E-state index contributed by atoms with van der Waals surface area (Å²) in [4.78, 5) is 34.2. The molecule has 3 heterocycles. The fourth-order valence-electron chi connectivity index (χ4n) is 4.73. The fraction of sp³-hybridized carbons (Fsp3) is 0.423. The van der Waals surface area contributed by atoms with Gasteiger partial charge in [-0.2, -0.15) is 0 Å². The number of ketones is 1. The van der Waals surface area contributed by atoms with Crippen LogP contribution in [0.25, 0.3) is 5.76 Å². The summed E-state index contributed by atoms with van der Waals surface area (Å²) in [6, 6.07) is 8.34. The molecule has 0 saturated carbocycles. The van der Waals surface area contributed by atoms with Gasteiger partial charge in [0.1, 0.15) is 17.6 Å². The normalized spacial score (nSPS) is 21.5. The number of Topliss-reactive ketones (excluding diaryl/α,β-unsaturated/α-hetero) is 1. The highest BCUT2D eigenvalue weighted by molar-refractivity contribution is 6.46. The number of aliphatic hydroxyl groups excluding tert-OH is 1. The molecule has 1 fully saturated rings. The van der Waals surface area contributed by atoms with Crippen molar-refractivity contribution in [1.29, 1.82) is 0 Å². The van der Waals surface area contributed by atoms with Crippen LogP contribution in [0.15, 0.2) is 48.3 Å². The third-order valence-corrected chi connectivity index (χ3v) is 6.50. The molecule has 1 aromatic carbocycles. The maximum Gasteiger partial charge on any atom is 0.295 e. The van der Waals surface area contributed by atoms with Gasteiger partial charge in [0, 0.05) is 30.9 Å². The number of nitrogens with zero attached hydrogens (tertiary/aromatic N) is 3. The molecule has 1 amide bonds. The number of aromatic nitrogens is 1. The molecule has 7 nitrogen and oxygen atoms in total. The molecule has 0 bridgehead atoms. The number of ether oxygens (including phenoxy) is 1. The van der Waals surface area contributed by atoms with E-state index in [1.807, 2.05) is 19.1 Å². The first-order chi connectivity index (χ1) is 15.9. The summed E-state index contributed by atoms with van der Waals surface area (Å²) in [6.07, 6.45) is 4.83. The van der Waals surface area contributed by atoms with Crippen molar-refractivity contribution in [2.75, 3.05) is 26.2 Å². The Morgan fingerprint density at radius 2 is 1.91 bits per heavy atom. The highest BCUT2D eigenvalue weighted by atomic mass is 16.5. The number of aliphatic hydroxyl groups is 1. The molecule has 2 aliphatic heterocycles. The fourth-order valence-corrected chi connectivity index (χ4v) is 4.73. The Bertz CT molecular complexity index is 1060. The van der Waals surface area contributed by atoms with Gasteiger partial charge in [-0.25, -0.2) is 0 Å². The standard InChI is InChI=1S/C26H31N3O4/c1-4-28(5-2)13-6-14-29-23(18-9-11-27-12-10-18)22(25(31)26(29)32)24(30)19-7-8-21-20(16-19)15-17(3)33-21/h7-12,16-17,23,30H,4-6,13-15H2,1-3H3/t17-,23+/m0/s1. The van der Waals surface area contributed by atoms with Crippen molar-refractivity contribution in [3.63, 3.8) is 0 Å². The van der Waals surface area contributed by atoms with Crippen LogP contribution >= 0.6 is 0 Å². The van der Waals surface area contributed by atoms with E-state index in [4.69, 9.17) is 4.74 Å². The van der Waals surface area contributed by atoms with Crippen LogP contribution in [0.1, 0.15) is 49.9 Å². The average molecular weight is 450 g/mol. The largest absolute Gasteiger partial charge is 0.507 e. The second-order valence-corrected chi connectivity index (χ2v) is 8.61. The molecular formula is C26H31N3O4. The number of pyridine rings is 1. The average Bonchev–Trinajstić information content (AvgIpc) is 3.32. The third-order valence-electron chi connectivity index (χ3n) is 6.50. The van der Waals surface area contributed by atoms with Crippen molar-refractivity contribution in [2.24, 2.45) is 0 Å². The molecule has 4 rings (SSSR count). The van der Waals surface area contributed by atoms with Crippen molar-refractivity contribution in [1.82, 2.24) is 14.8 Å². The van der Waals surface area contributed by atoms with Crippen molar-refractivity contribution in [2.45, 2.75) is 45.8 Å². The zero-order chi connectivity index (χ0) is 23.5. The molecule has 0 aliphatic carbocycles. The molecule has 2 atom stereocenters. The molecule has 1 aromatic heterocycles. The first-order valence-corrected chi connectivity index (χ1v) is 11.6. The minimum atomic E-state index is -0.651. The maximum atomic E-state index is 13.1. The summed E-state index contributed by atoms with van der Waals surface area (Å²) in [6.45, 7) is 9.34. The Morgan fingerprint density at radius 3 is 2.61 bits per heavy atom. The van der Waals surface area contributed by atoms with Gasteiger partial charge >= 0.3 is 0 Å². The Hall–Kier alpha value is -3.19. The van der Waals surface area contributed by atoms with Gasteiger partial charge in [0.25, 0.3) is 11.7 Å². The smallest absolute Gasteiger partial charge is 0.295 e. The zero-order valence-corrected chi connectivity index (χ0v) is 19.5. The van der Waals surface area contributed by atoms with E-state index in [0.717, 1.165) is 49.4 Å². The van der Waals surface area contributed by atoms with Gasteiger partial charge in [0.05, 0.1) is 11.6 Å². The number of likely N-dealkylation sites (tertiary alicyclic amines) is 1. The lowest BCUT2D eigenvalue weighted by molar-refractivity contribution is -0.140. The van der Waals surface area contributed by atoms with Crippen LogP contribution in [-0.4, -0.2) is 63.9 Å². The Labute approximate surface area is 194 Å². The number of benzene rings is 1. The summed E-state index contributed by atoms with van der Waals surface area (Å²) >= 11 is 0. The van der Waals surface area contributed by atoms with E-state index in [0.29, 0.717) is 12.1 Å². The Balaban J connectivity index is 1.71. The minimum Gasteiger partial charge on any atom is -0.507 e. The number of carbonyl (C=O) groups is 2. The van der Waals surface area contributed by atoms with Crippen LogP contribution in [0, 0.1) is 0 Å². The molecular weight excluding hydrogens is 418 g/mol. The van der Waals surface area contributed by atoms with Gasteiger partial charge in [0.2, 0.25) is 0 Å². The SMILES string of the molecule is CCN(CC)CCCN1C(=O)C(=O)C(=C(O)c2ccc3c(c2)C[C@H](C)O3)[C@H]1c1ccncc1. The highest BCUT2D eigenvalue weighted by Crippen LogP contribution is 2.40. The quantitative estimate of drug-likeness (QED) is 0.377. The lowest BCUT2D eigenvalue weighted by atomic mass is 9.95. The van der Waals surface area contributed by atoms with Gasteiger partial charge in [-0.3, -0.25) is 14.6 Å². The number of amides is 1. The van der Waals surface area contributed by atoms with E-state index >= 15 is 0 Å². The second-order valence-electron chi connectivity index (χ2n) is 8.61. The van der Waals surface area contributed by atoms with E-state index < -0.39 is 17.7 Å². The number of rotatable bonds is 8. The molecule has 174 valence electrons. The summed E-state index contributed by atoms with van der Waals surface area (Å²) in [5, 5.41) is 11.3. The number of hydrogen-bond acceptors (Lipinski definition) is 6.